The number of aromatic carboxylic acids is 1. The van der Waals surface area contributed by atoms with Crippen LogP contribution in [-0.4, -0.2) is 21.3 Å². The Balaban J connectivity index is 1.72. The number of anilines is 1. The third-order valence-electron chi connectivity index (χ3n) is 4.00. The minimum atomic E-state index is -0.971. The molecule has 7 heteroatoms. The van der Waals surface area contributed by atoms with Gasteiger partial charge in [-0.15, -0.1) is 0 Å². The molecule has 0 saturated carbocycles. The van der Waals surface area contributed by atoms with Crippen molar-refractivity contribution in [2.45, 2.75) is 13.2 Å². The second kappa shape index (κ2) is 7.76. The van der Waals surface area contributed by atoms with E-state index < -0.39 is 23.8 Å². The van der Waals surface area contributed by atoms with Crippen LogP contribution in [0.25, 0.3) is 11.1 Å². The van der Waals surface area contributed by atoms with Crippen LogP contribution >= 0.6 is 0 Å². The average Bonchev–Trinajstić information content (AvgIpc) is 2.69. The van der Waals surface area contributed by atoms with Gasteiger partial charge in [0.15, 0.2) is 5.76 Å². The lowest BCUT2D eigenvalue weighted by Gasteiger charge is -2.09. The van der Waals surface area contributed by atoms with Crippen LogP contribution in [0.5, 0.6) is 5.75 Å². The number of aliphatic hydroxyl groups excluding tert-OH is 1. The van der Waals surface area contributed by atoms with Crippen molar-refractivity contribution in [3.63, 3.8) is 0 Å². The van der Waals surface area contributed by atoms with Gasteiger partial charge < -0.3 is 25.1 Å². The number of hydrogen-bond donors (Lipinski definition) is 4. The molecule has 1 heterocycles. The summed E-state index contributed by atoms with van der Waals surface area (Å²) < 4.78 is 5.27. The monoisotopic (exact) mass is 367 g/mol. The zero-order valence-electron chi connectivity index (χ0n) is 14.2. The van der Waals surface area contributed by atoms with Crippen molar-refractivity contribution in [3.8, 4) is 16.9 Å². The van der Waals surface area contributed by atoms with E-state index in [0.29, 0.717) is 0 Å². The van der Waals surface area contributed by atoms with Gasteiger partial charge in [0.05, 0.1) is 12.1 Å². The first-order chi connectivity index (χ1) is 13.0. The Labute approximate surface area is 154 Å². The van der Waals surface area contributed by atoms with Crippen molar-refractivity contribution in [2.24, 2.45) is 0 Å². The third kappa shape index (κ3) is 4.16. The number of aromatic hydroxyl groups is 1. The smallest absolute Gasteiger partial charge is 0.335 e. The molecular formula is C20H17NO6. The second-order valence-corrected chi connectivity index (χ2v) is 5.82. The Morgan fingerprint density at radius 3 is 2.15 bits per heavy atom. The summed E-state index contributed by atoms with van der Waals surface area (Å²) in [6, 6.07) is 14.9. The van der Waals surface area contributed by atoms with Crippen LogP contribution in [0.2, 0.25) is 0 Å². The second-order valence-electron chi connectivity index (χ2n) is 5.82. The molecule has 4 N–H and O–H groups in total. The van der Waals surface area contributed by atoms with Gasteiger partial charge in [-0.05, 0) is 35.4 Å². The molecule has 1 aromatic heterocycles. The fraction of sp³-hybridized carbons (Fsp3) is 0.100. The lowest BCUT2D eigenvalue weighted by atomic mass is 10.0. The van der Waals surface area contributed by atoms with Gasteiger partial charge in [-0.3, -0.25) is 4.79 Å². The van der Waals surface area contributed by atoms with Crippen LogP contribution in [-0.2, 0) is 13.2 Å². The summed E-state index contributed by atoms with van der Waals surface area (Å²) in [5.74, 6) is -1.34. The van der Waals surface area contributed by atoms with Crippen molar-refractivity contribution < 1.29 is 24.5 Å². The number of carbonyl (C=O) groups is 1. The van der Waals surface area contributed by atoms with Crippen molar-refractivity contribution in [2.75, 3.05) is 5.32 Å². The van der Waals surface area contributed by atoms with Crippen LogP contribution < -0.4 is 10.7 Å². The molecule has 0 amide bonds. The molecule has 3 aromatic rings. The maximum Gasteiger partial charge on any atom is 0.335 e. The first-order valence-corrected chi connectivity index (χ1v) is 8.11. The highest BCUT2D eigenvalue weighted by Crippen LogP contribution is 2.23. The summed E-state index contributed by atoms with van der Waals surface area (Å²) in [6.07, 6.45) is 0. The van der Waals surface area contributed by atoms with Crippen molar-refractivity contribution in [3.05, 3.63) is 81.9 Å². The molecule has 0 fully saturated rings. The average molecular weight is 367 g/mol. The number of carboxylic acid groups (broad SMARTS) is 1. The van der Waals surface area contributed by atoms with Gasteiger partial charge in [0.1, 0.15) is 12.4 Å². The molecule has 0 atom stereocenters. The standard InChI is InChI=1S/C20H17NO6/c22-11-16-9-17(23)19(24)18(27-16)10-21-15-7-5-13(6-8-15)12-1-3-14(4-2-12)20(25)26/h1-9,21-22,24H,10-11H2,(H,25,26). The Kier molecular flexibility index (Phi) is 5.23. The number of benzene rings is 2. The zero-order valence-corrected chi connectivity index (χ0v) is 14.2. The molecule has 0 radical (unpaired) electrons. The van der Waals surface area contributed by atoms with Crippen LogP contribution in [0, 0.1) is 0 Å². The molecule has 2 aromatic carbocycles. The van der Waals surface area contributed by atoms with E-state index in [4.69, 9.17) is 14.6 Å². The van der Waals surface area contributed by atoms with Crippen molar-refractivity contribution >= 4 is 11.7 Å². The van der Waals surface area contributed by atoms with Crippen molar-refractivity contribution in [1.82, 2.24) is 0 Å². The predicted molar refractivity (Wildman–Crippen MR) is 98.7 cm³/mol. The molecule has 27 heavy (non-hydrogen) atoms. The quantitative estimate of drug-likeness (QED) is 0.529. The first-order valence-electron chi connectivity index (χ1n) is 8.11. The lowest BCUT2D eigenvalue weighted by molar-refractivity contribution is 0.0697. The first kappa shape index (κ1) is 18.2. The highest BCUT2D eigenvalue weighted by atomic mass is 16.4. The number of nitrogens with one attached hydrogen (secondary N) is 1. The Hall–Kier alpha value is -3.58. The molecule has 7 nitrogen and oxygen atoms in total. The van der Waals surface area contributed by atoms with E-state index in [9.17, 15) is 14.7 Å². The minimum absolute atomic E-state index is 0.0416. The van der Waals surface area contributed by atoms with Gasteiger partial charge in [0.2, 0.25) is 11.2 Å². The Bertz CT molecular complexity index is 1010. The normalized spacial score (nSPS) is 10.6. The van der Waals surface area contributed by atoms with Gasteiger partial charge in [0.25, 0.3) is 0 Å². The maximum absolute atomic E-state index is 11.6. The Morgan fingerprint density at radius 2 is 1.59 bits per heavy atom. The molecule has 138 valence electrons. The van der Waals surface area contributed by atoms with E-state index in [-0.39, 0.29) is 23.6 Å². The van der Waals surface area contributed by atoms with Gasteiger partial charge in [0, 0.05) is 11.8 Å². The summed E-state index contributed by atoms with van der Waals surface area (Å²) in [7, 11) is 0. The van der Waals surface area contributed by atoms with Gasteiger partial charge in [-0.25, -0.2) is 4.79 Å². The van der Waals surface area contributed by atoms with E-state index in [2.05, 4.69) is 5.32 Å². The summed E-state index contributed by atoms with van der Waals surface area (Å²) in [4.78, 5) is 22.5. The minimum Gasteiger partial charge on any atom is -0.502 e. The summed E-state index contributed by atoms with van der Waals surface area (Å²) >= 11 is 0. The van der Waals surface area contributed by atoms with E-state index >= 15 is 0 Å². The molecular weight excluding hydrogens is 350 g/mol. The topological polar surface area (TPSA) is 120 Å². The van der Waals surface area contributed by atoms with Crippen LogP contribution in [0.15, 0.2) is 63.8 Å². The SMILES string of the molecule is O=C(O)c1ccc(-c2ccc(NCc3oc(CO)cc(=O)c3O)cc2)cc1. The Morgan fingerprint density at radius 1 is 1.00 bits per heavy atom. The molecule has 0 aliphatic heterocycles. The van der Waals surface area contributed by atoms with Crippen molar-refractivity contribution in [1.29, 1.82) is 0 Å². The van der Waals surface area contributed by atoms with E-state index in [0.717, 1.165) is 22.9 Å². The number of aliphatic hydroxyl groups is 1. The van der Waals surface area contributed by atoms with Gasteiger partial charge in [-0.2, -0.15) is 0 Å². The molecule has 0 aliphatic rings. The number of carboxylic acids is 1. The van der Waals surface area contributed by atoms with E-state index in [1.165, 1.54) is 0 Å². The van der Waals surface area contributed by atoms with Crippen LogP contribution in [0.4, 0.5) is 5.69 Å². The molecule has 0 aliphatic carbocycles. The third-order valence-corrected chi connectivity index (χ3v) is 4.00. The molecule has 0 spiro atoms. The molecule has 0 saturated heterocycles. The molecule has 0 bridgehead atoms. The highest BCUT2D eigenvalue weighted by Gasteiger charge is 2.11. The molecule has 0 unspecified atom stereocenters. The summed E-state index contributed by atoms with van der Waals surface area (Å²) in [5, 5.41) is 30.8. The van der Waals surface area contributed by atoms with E-state index in [1.807, 2.05) is 24.3 Å². The maximum atomic E-state index is 11.6. The summed E-state index contributed by atoms with van der Waals surface area (Å²) in [5.41, 5.74) is 2.14. The zero-order chi connectivity index (χ0) is 19.4. The van der Waals surface area contributed by atoms with Crippen LogP contribution in [0.1, 0.15) is 21.9 Å². The fourth-order valence-electron chi connectivity index (χ4n) is 2.55. The van der Waals surface area contributed by atoms with Gasteiger partial charge in [-0.1, -0.05) is 24.3 Å². The number of rotatable bonds is 6. The fourth-order valence-corrected chi connectivity index (χ4v) is 2.55. The summed E-state index contributed by atoms with van der Waals surface area (Å²) in [6.45, 7) is -0.362. The van der Waals surface area contributed by atoms with Crippen LogP contribution in [0.3, 0.4) is 0 Å². The lowest BCUT2D eigenvalue weighted by Crippen LogP contribution is -2.08. The number of hydrogen-bond acceptors (Lipinski definition) is 6. The predicted octanol–water partition coefficient (Wildman–Crippen LogP) is 2.82. The highest BCUT2D eigenvalue weighted by molar-refractivity contribution is 5.88. The largest absolute Gasteiger partial charge is 0.502 e. The van der Waals surface area contributed by atoms with E-state index in [1.54, 1.807) is 24.3 Å². The molecule has 3 rings (SSSR count). The van der Waals surface area contributed by atoms with Gasteiger partial charge >= 0.3 is 5.97 Å².